The highest BCUT2D eigenvalue weighted by atomic mass is 16.5. The van der Waals surface area contributed by atoms with E-state index < -0.39 is 6.61 Å². The van der Waals surface area contributed by atoms with E-state index in [-0.39, 0.29) is 18.6 Å². The molecular formula is C29H34N2O4. The van der Waals surface area contributed by atoms with Gasteiger partial charge in [-0.2, -0.15) is 0 Å². The van der Waals surface area contributed by atoms with Crippen molar-refractivity contribution in [1.29, 1.82) is 0 Å². The summed E-state index contributed by atoms with van der Waals surface area (Å²) in [7, 11) is 0. The molecule has 3 aromatic carbocycles. The Bertz CT molecular complexity index is 1030. The van der Waals surface area contributed by atoms with Crippen LogP contribution < -0.4 is 10.6 Å². The fourth-order valence-corrected chi connectivity index (χ4v) is 3.72. The van der Waals surface area contributed by atoms with Crippen LogP contribution in [0.3, 0.4) is 0 Å². The molecule has 0 unspecified atom stereocenters. The Morgan fingerprint density at radius 2 is 1.23 bits per heavy atom. The van der Waals surface area contributed by atoms with E-state index in [0.29, 0.717) is 13.1 Å². The Hall–Kier alpha value is -3.64. The van der Waals surface area contributed by atoms with Crippen molar-refractivity contribution < 1.29 is 19.4 Å². The van der Waals surface area contributed by atoms with E-state index >= 15 is 0 Å². The first-order valence-electron chi connectivity index (χ1n) is 12.1. The maximum absolute atomic E-state index is 11.8. The molecule has 0 saturated carbocycles. The number of unbranched alkanes of at least 4 members (excludes halogenated alkanes) is 1. The van der Waals surface area contributed by atoms with Crippen LogP contribution >= 0.6 is 0 Å². The molecule has 0 radical (unpaired) electrons. The number of benzene rings is 3. The minimum Gasteiger partial charge on any atom is -0.445 e. The first kappa shape index (κ1) is 26.0. The summed E-state index contributed by atoms with van der Waals surface area (Å²) in [5, 5.41) is 14.2. The van der Waals surface area contributed by atoms with Crippen LogP contribution in [0.1, 0.15) is 36.0 Å². The molecular weight excluding hydrogens is 440 g/mol. The lowest BCUT2D eigenvalue weighted by Gasteiger charge is -2.08. The number of carbonyl (C=O) groups is 2. The summed E-state index contributed by atoms with van der Waals surface area (Å²) in [5.74, 6) is -0.334. The molecule has 0 aliphatic rings. The van der Waals surface area contributed by atoms with Gasteiger partial charge in [0.25, 0.3) is 0 Å². The summed E-state index contributed by atoms with van der Waals surface area (Å²) in [6.45, 7) is 0.992. The zero-order valence-corrected chi connectivity index (χ0v) is 20.0. The van der Waals surface area contributed by atoms with Crippen LogP contribution in [0.4, 0.5) is 4.79 Å². The van der Waals surface area contributed by atoms with E-state index in [0.717, 1.165) is 37.7 Å². The maximum atomic E-state index is 11.8. The van der Waals surface area contributed by atoms with Crippen LogP contribution in [-0.2, 0) is 29.0 Å². The number of ether oxygens (including phenoxy) is 1. The average molecular weight is 475 g/mol. The third-order valence-electron chi connectivity index (χ3n) is 5.72. The summed E-state index contributed by atoms with van der Waals surface area (Å²) >= 11 is 0. The molecule has 0 aromatic heterocycles. The highest BCUT2D eigenvalue weighted by Crippen LogP contribution is 2.21. The molecule has 0 heterocycles. The van der Waals surface area contributed by atoms with E-state index in [2.05, 4.69) is 59.2 Å². The Kier molecular flexibility index (Phi) is 10.8. The molecule has 0 saturated heterocycles. The Morgan fingerprint density at radius 1 is 0.657 bits per heavy atom. The maximum Gasteiger partial charge on any atom is 0.407 e. The van der Waals surface area contributed by atoms with Gasteiger partial charge in [-0.25, -0.2) is 4.79 Å². The lowest BCUT2D eigenvalue weighted by Crippen LogP contribution is -2.27. The summed E-state index contributed by atoms with van der Waals surface area (Å²) in [6.07, 6.45) is 4.19. The minimum atomic E-state index is -0.462. The molecule has 3 N–H and O–H groups in total. The van der Waals surface area contributed by atoms with Gasteiger partial charge in [-0.15, -0.1) is 0 Å². The second-order valence-corrected chi connectivity index (χ2v) is 8.45. The fraction of sp³-hybridized carbons (Fsp3) is 0.310. The van der Waals surface area contributed by atoms with Gasteiger partial charge in [0.1, 0.15) is 13.2 Å². The van der Waals surface area contributed by atoms with Crippen molar-refractivity contribution in [2.24, 2.45) is 0 Å². The first-order valence-corrected chi connectivity index (χ1v) is 12.1. The van der Waals surface area contributed by atoms with Crippen molar-refractivity contribution in [1.82, 2.24) is 10.6 Å². The number of hydrogen-bond acceptors (Lipinski definition) is 4. The topological polar surface area (TPSA) is 87.7 Å². The number of hydrogen-bond donors (Lipinski definition) is 3. The lowest BCUT2D eigenvalue weighted by molar-refractivity contribution is -0.123. The summed E-state index contributed by atoms with van der Waals surface area (Å²) < 4.78 is 5.22. The monoisotopic (exact) mass is 474 g/mol. The van der Waals surface area contributed by atoms with Gasteiger partial charge < -0.3 is 20.5 Å². The second kappa shape index (κ2) is 14.6. The van der Waals surface area contributed by atoms with Crippen LogP contribution in [0, 0.1) is 0 Å². The van der Waals surface area contributed by atoms with Gasteiger partial charge in [-0.3, -0.25) is 4.79 Å². The molecule has 35 heavy (non-hydrogen) atoms. The molecule has 0 spiro atoms. The van der Waals surface area contributed by atoms with Crippen LogP contribution in [-0.4, -0.2) is 36.8 Å². The molecule has 0 aliphatic carbocycles. The van der Waals surface area contributed by atoms with Crippen molar-refractivity contribution >= 4 is 12.0 Å². The van der Waals surface area contributed by atoms with E-state index in [1.807, 2.05) is 30.3 Å². The van der Waals surface area contributed by atoms with E-state index in [1.54, 1.807) is 0 Å². The SMILES string of the molecule is O=C(CO)NCCCc1ccc(-c2ccc(CCCCNC(=O)OCc3ccccc3)cc2)cc1. The zero-order valence-electron chi connectivity index (χ0n) is 20.0. The molecule has 0 bridgehead atoms. The third-order valence-corrected chi connectivity index (χ3v) is 5.72. The van der Waals surface area contributed by atoms with Crippen molar-refractivity contribution in [3.63, 3.8) is 0 Å². The lowest BCUT2D eigenvalue weighted by atomic mass is 9.99. The van der Waals surface area contributed by atoms with Gasteiger partial charge in [-0.1, -0.05) is 78.9 Å². The highest BCUT2D eigenvalue weighted by Gasteiger charge is 2.03. The number of nitrogens with one attached hydrogen (secondary N) is 2. The van der Waals surface area contributed by atoms with Crippen LogP contribution in [0.2, 0.25) is 0 Å². The molecule has 0 fully saturated rings. The van der Waals surface area contributed by atoms with Gasteiger partial charge >= 0.3 is 6.09 Å². The zero-order chi connectivity index (χ0) is 24.7. The van der Waals surface area contributed by atoms with Crippen LogP contribution in [0.15, 0.2) is 78.9 Å². The molecule has 6 nitrogen and oxygen atoms in total. The number of aryl methyl sites for hydroxylation is 2. The molecule has 3 aromatic rings. The van der Waals surface area contributed by atoms with Crippen LogP contribution in [0.5, 0.6) is 0 Å². The van der Waals surface area contributed by atoms with E-state index in [4.69, 9.17) is 9.84 Å². The Labute approximate surface area is 207 Å². The number of rotatable bonds is 13. The van der Waals surface area contributed by atoms with Crippen LogP contribution in [0.25, 0.3) is 11.1 Å². The Balaban J connectivity index is 1.31. The highest BCUT2D eigenvalue weighted by molar-refractivity contribution is 5.76. The number of aliphatic hydroxyl groups excluding tert-OH is 1. The smallest absolute Gasteiger partial charge is 0.407 e. The third kappa shape index (κ3) is 9.63. The number of aliphatic hydroxyl groups is 1. The van der Waals surface area contributed by atoms with Gasteiger partial charge in [0, 0.05) is 13.1 Å². The van der Waals surface area contributed by atoms with E-state index in [1.165, 1.54) is 22.3 Å². The standard InChI is InChI=1S/C29H34N2O4/c32-21-28(33)30-20-6-10-24-13-17-27(18-14-24)26-15-11-23(12-16-26)7-4-5-19-31-29(34)35-22-25-8-2-1-3-9-25/h1-3,8-9,11-18,32H,4-7,10,19-22H2,(H,30,33)(H,31,34). The molecule has 0 aliphatic heterocycles. The molecule has 6 heteroatoms. The predicted octanol–water partition coefficient (Wildman–Crippen LogP) is 4.64. The van der Waals surface area contributed by atoms with Crippen molar-refractivity contribution in [3.05, 3.63) is 95.6 Å². The summed E-state index contributed by atoms with van der Waals surface area (Å²) in [5.41, 5.74) is 5.83. The largest absolute Gasteiger partial charge is 0.445 e. The molecule has 2 amide bonds. The van der Waals surface area contributed by atoms with Gasteiger partial charge in [0.15, 0.2) is 0 Å². The number of alkyl carbamates (subject to hydrolysis) is 1. The molecule has 3 rings (SSSR count). The average Bonchev–Trinajstić information content (AvgIpc) is 2.91. The van der Waals surface area contributed by atoms with Gasteiger partial charge in [0.2, 0.25) is 5.91 Å². The Morgan fingerprint density at radius 3 is 1.83 bits per heavy atom. The number of carbonyl (C=O) groups excluding carboxylic acids is 2. The predicted molar refractivity (Wildman–Crippen MR) is 138 cm³/mol. The normalized spacial score (nSPS) is 10.5. The molecule has 184 valence electrons. The van der Waals surface area contributed by atoms with Gasteiger partial charge in [-0.05, 0) is 59.9 Å². The second-order valence-electron chi connectivity index (χ2n) is 8.45. The van der Waals surface area contributed by atoms with Crippen molar-refractivity contribution in [3.8, 4) is 11.1 Å². The van der Waals surface area contributed by atoms with Crippen molar-refractivity contribution in [2.75, 3.05) is 19.7 Å². The summed E-state index contributed by atoms with van der Waals surface area (Å²) in [4.78, 5) is 22.8. The molecule has 0 atom stereocenters. The van der Waals surface area contributed by atoms with E-state index in [9.17, 15) is 9.59 Å². The minimum absolute atomic E-state index is 0.285. The van der Waals surface area contributed by atoms with Gasteiger partial charge in [0.05, 0.1) is 0 Å². The quantitative estimate of drug-likeness (QED) is 0.315. The fourth-order valence-electron chi connectivity index (χ4n) is 3.72. The first-order chi connectivity index (χ1) is 17.1. The number of amides is 2. The summed E-state index contributed by atoms with van der Waals surface area (Å²) in [6, 6.07) is 26.8. The van der Waals surface area contributed by atoms with Crippen molar-refractivity contribution in [2.45, 2.75) is 38.7 Å².